The van der Waals surface area contributed by atoms with Gasteiger partial charge in [0, 0.05) is 33.0 Å². The second kappa shape index (κ2) is 7.71. The lowest BCUT2D eigenvalue weighted by Crippen LogP contribution is -2.24. The molecule has 0 atom stereocenters. The number of aryl methyl sites for hydroxylation is 2. The predicted molar refractivity (Wildman–Crippen MR) is 96.4 cm³/mol. The van der Waals surface area contributed by atoms with E-state index in [1.54, 1.807) is 42.9 Å². The maximum Gasteiger partial charge on any atom is 0.355 e. The molecule has 0 fully saturated rings. The van der Waals surface area contributed by atoms with Crippen LogP contribution in [-0.2, 0) is 26.6 Å². The molecule has 0 saturated heterocycles. The Hall–Kier alpha value is -2.65. The summed E-state index contributed by atoms with van der Waals surface area (Å²) in [4.78, 5) is 24.0. The van der Waals surface area contributed by atoms with Gasteiger partial charge in [-0.15, -0.1) is 0 Å². The summed E-state index contributed by atoms with van der Waals surface area (Å²) >= 11 is 0. The Morgan fingerprint density at radius 1 is 1.23 bits per heavy atom. The molecule has 1 aromatic carbocycles. The van der Waals surface area contributed by atoms with Crippen molar-refractivity contribution in [3.8, 4) is 0 Å². The van der Waals surface area contributed by atoms with Crippen molar-refractivity contribution in [3.05, 3.63) is 47.8 Å². The number of aromatic nitrogens is 1. The van der Waals surface area contributed by atoms with Gasteiger partial charge in [-0.25, -0.2) is 17.5 Å². The Labute approximate surface area is 152 Å². The molecule has 26 heavy (non-hydrogen) atoms. The van der Waals surface area contributed by atoms with E-state index < -0.39 is 28.5 Å². The SMILES string of the molecule is Cc1ccc(S(=O)(=O)N(C)C)cc1NC(=O)COC(=O)c1cccn1C. The maximum atomic E-state index is 12.2. The Kier molecular flexibility index (Phi) is 5.83. The summed E-state index contributed by atoms with van der Waals surface area (Å²) in [5, 5.41) is 2.57. The van der Waals surface area contributed by atoms with Crippen molar-refractivity contribution in [2.75, 3.05) is 26.0 Å². The van der Waals surface area contributed by atoms with E-state index in [4.69, 9.17) is 4.74 Å². The van der Waals surface area contributed by atoms with Crippen LogP contribution < -0.4 is 5.32 Å². The molecular formula is C17H21N3O5S. The maximum absolute atomic E-state index is 12.2. The van der Waals surface area contributed by atoms with Gasteiger partial charge in [-0.2, -0.15) is 0 Å². The fourth-order valence-electron chi connectivity index (χ4n) is 2.17. The van der Waals surface area contributed by atoms with Crippen LogP contribution in [-0.4, -0.2) is 49.9 Å². The third kappa shape index (κ3) is 4.30. The molecule has 0 aliphatic heterocycles. The Bertz CT molecular complexity index is 932. The molecule has 140 valence electrons. The minimum atomic E-state index is -3.62. The van der Waals surface area contributed by atoms with Crippen LogP contribution in [0.1, 0.15) is 16.1 Å². The van der Waals surface area contributed by atoms with Crippen molar-refractivity contribution in [1.82, 2.24) is 8.87 Å². The van der Waals surface area contributed by atoms with Crippen molar-refractivity contribution >= 4 is 27.6 Å². The summed E-state index contributed by atoms with van der Waals surface area (Å²) in [5.74, 6) is -1.18. The van der Waals surface area contributed by atoms with Gasteiger partial charge in [-0.1, -0.05) is 6.07 Å². The molecule has 0 bridgehead atoms. The molecule has 0 unspecified atom stereocenters. The van der Waals surface area contributed by atoms with Gasteiger partial charge in [0.1, 0.15) is 5.69 Å². The second-order valence-electron chi connectivity index (χ2n) is 5.89. The number of carbonyl (C=O) groups excluding carboxylic acids is 2. The first-order chi connectivity index (χ1) is 12.1. The highest BCUT2D eigenvalue weighted by Crippen LogP contribution is 2.22. The third-order valence-electron chi connectivity index (χ3n) is 3.75. The molecule has 8 nitrogen and oxygen atoms in total. The number of esters is 1. The first-order valence-corrected chi connectivity index (χ1v) is 9.18. The Morgan fingerprint density at radius 3 is 2.50 bits per heavy atom. The number of hydrogen-bond acceptors (Lipinski definition) is 5. The number of nitrogens with one attached hydrogen (secondary N) is 1. The van der Waals surface area contributed by atoms with E-state index in [0.717, 1.165) is 4.31 Å². The summed E-state index contributed by atoms with van der Waals surface area (Å²) in [6, 6.07) is 7.72. The number of nitrogens with zero attached hydrogens (tertiary/aromatic N) is 2. The van der Waals surface area contributed by atoms with Gasteiger partial charge < -0.3 is 14.6 Å². The lowest BCUT2D eigenvalue weighted by atomic mass is 10.2. The molecule has 1 N–H and O–H groups in total. The van der Waals surface area contributed by atoms with E-state index in [1.165, 1.54) is 26.2 Å². The monoisotopic (exact) mass is 379 g/mol. The van der Waals surface area contributed by atoms with Crippen LogP contribution in [0, 0.1) is 6.92 Å². The highest BCUT2D eigenvalue weighted by molar-refractivity contribution is 7.89. The number of benzene rings is 1. The highest BCUT2D eigenvalue weighted by atomic mass is 32.2. The number of sulfonamides is 1. The summed E-state index contributed by atoms with van der Waals surface area (Å²) in [5.41, 5.74) is 1.35. The van der Waals surface area contributed by atoms with Crippen molar-refractivity contribution in [2.45, 2.75) is 11.8 Å². The van der Waals surface area contributed by atoms with E-state index in [0.29, 0.717) is 16.9 Å². The number of amides is 1. The molecule has 0 aliphatic rings. The van der Waals surface area contributed by atoms with Crippen LogP contribution >= 0.6 is 0 Å². The van der Waals surface area contributed by atoms with Gasteiger partial charge in [0.05, 0.1) is 4.90 Å². The molecular weight excluding hydrogens is 358 g/mol. The second-order valence-corrected chi connectivity index (χ2v) is 8.04. The minimum Gasteiger partial charge on any atom is -0.451 e. The summed E-state index contributed by atoms with van der Waals surface area (Å²) in [6.07, 6.45) is 1.69. The predicted octanol–water partition coefficient (Wildman–Crippen LogP) is 1.38. The van der Waals surface area contributed by atoms with E-state index >= 15 is 0 Å². The van der Waals surface area contributed by atoms with Gasteiger partial charge in [-0.05, 0) is 36.8 Å². The molecule has 1 heterocycles. The van der Waals surface area contributed by atoms with Gasteiger partial charge >= 0.3 is 5.97 Å². The fraction of sp³-hybridized carbons (Fsp3) is 0.294. The fourth-order valence-corrected chi connectivity index (χ4v) is 3.10. The van der Waals surface area contributed by atoms with Crippen molar-refractivity contribution in [2.24, 2.45) is 7.05 Å². The van der Waals surface area contributed by atoms with E-state index in [9.17, 15) is 18.0 Å². The standard InChI is InChI=1S/C17H21N3O5S/c1-12-7-8-13(26(23,24)19(2)3)10-14(12)18-16(21)11-25-17(22)15-6-5-9-20(15)4/h5-10H,11H2,1-4H3,(H,18,21). The van der Waals surface area contributed by atoms with Crippen LogP contribution in [0.25, 0.3) is 0 Å². The summed E-state index contributed by atoms with van der Waals surface area (Å²) in [7, 11) is 0.927. The summed E-state index contributed by atoms with van der Waals surface area (Å²) in [6.45, 7) is 1.26. The number of rotatable bonds is 6. The quantitative estimate of drug-likeness (QED) is 0.765. The van der Waals surface area contributed by atoms with E-state index in [-0.39, 0.29) is 4.90 Å². The normalized spacial score (nSPS) is 11.4. The van der Waals surface area contributed by atoms with Gasteiger partial charge in [-0.3, -0.25) is 4.79 Å². The summed E-state index contributed by atoms with van der Waals surface area (Å²) < 4.78 is 32.1. The first-order valence-electron chi connectivity index (χ1n) is 7.74. The number of anilines is 1. The van der Waals surface area contributed by atoms with Crippen LogP contribution in [0.4, 0.5) is 5.69 Å². The van der Waals surface area contributed by atoms with Crippen molar-refractivity contribution in [1.29, 1.82) is 0 Å². The van der Waals surface area contributed by atoms with Gasteiger partial charge in [0.25, 0.3) is 5.91 Å². The first kappa shape index (κ1) is 19.7. The zero-order chi connectivity index (χ0) is 19.5. The third-order valence-corrected chi connectivity index (χ3v) is 5.56. The van der Waals surface area contributed by atoms with Crippen LogP contribution in [0.3, 0.4) is 0 Å². The van der Waals surface area contributed by atoms with Gasteiger partial charge in [0.2, 0.25) is 10.0 Å². The zero-order valence-electron chi connectivity index (χ0n) is 15.0. The van der Waals surface area contributed by atoms with Gasteiger partial charge in [0.15, 0.2) is 6.61 Å². The zero-order valence-corrected chi connectivity index (χ0v) is 15.8. The molecule has 2 aromatic rings. The Balaban J connectivity index is 2.07. The molecule has 1 amide bonds. The molecule has 0 radical (unpaired) electrons. The highest BCUT2D eigenvalue weighted by Gasteiger charge is 2.19. The lowest BCUT2D eigenvalue weighted by molar-refractivity contribution is -0.119. The molecule has 0 spiro atoms. The van der Waals surface area contributed by atoms with Crippen LogP contribution in [0.5, 0.6) is 0 Å². The average molecular weight is 379 g/mol. The molecule has 2 rings (SSSR count). The number of hydrogen-bond donors (Lipinski definition) is 1. The topological polar surface area (TPSA) is 97.7 Å². The Morgan fingerprint density at radius 2 is 1.92 bits per heavy atom. The molecule has 0 saturated carbocycles. The van der Waals surface area contributed by atoms with Crippen molar-refractivity contribution in [3.63, 3.8) is 0 Å². The van der Waals surface area contributed by atoms with Crippen molar-refractivity contribution < 1.29 is 22.7 Å². The van der Waals surface area contributed by atoms with Crippen LogP contribution in [0.2, 0.25) is 0 Å². The molecule has 1 aromatic heterocycles. The smallest absolute Gasteiger partial charge is 0.355 e. The van der Waals surface area contributed by atoms with Crippen LogP contribution in [0.15, 0.2) is 41.4 Å². The van der Waals surface area contributed by atoms with E-state index in [2.05, 4.69) is 5.32 Å². The molecule has 0 aliphatic carbocycles. The van der Waals surface area contributed by atoms with E-state index in [1.807, 2.05) is 0 Å². The number of carbonyl (C=O) groups is 2. The molecule has 9 heteroatoms. The average Bonchev–Trinajstić information content (AvgIpc) is 3.00. The number of ether oxygens (including phenoxy) is 1. The lowest BCUT2D eigenvalue weighted by Gasteiger charge is -2.14. The largest absolute Gasteiger partial charge is 0.451 e. The minimum absolute atomic E-state index is 0.0594.